The van der Waals surface area contributed by atoms with E-state index < -0.39 is 20.1 Å². The van der Waals surface area contributed by atoms with Crippen LogP contribution in [0.5, 0.6) is 0 Å². The lowest BCUT2D eigenvalue weighted by atomic mass is 10.3. The van der Waals surface area contributed by atoms with E-state index >= 15 is 0 Å². The lowest BCUT2D eigenvalue weighted by Gasteiger charge is -2.34. The standard InChI is InChI=1S/C7H13Cl3OS/c8-7(9,10)6(11)12-4-2-1-3-5-12/h6,11-12H,1-5H2. The molecule has 0 spiro atoms. The third-order valence-electron chi connectivity index (χ3n) is 2.03. The molecule has 1 aliphatic rings. The van der Waals surface area contributed by atoms with E-state index in [0.717, 1.165) is 11.5 Å². The summed E-state index contributed by atoms with van der Waals surface area (Å²) in [5.74, 6) is 2.09. The average molecular weight is 252 g/mol. The molecule has 1 nitrogen and oxygen atoms in total. The molecule has 1 fully saturated rings. The van der Waals surface area contributed by atoms with Gasteiger partial charge in [0.05, 0.1) is 0 Å². The molecule has 0 amide bonds. The molecule has 0 saturated carbocycles. The molecule has 1 aliphatic heterocycles. The fourth-order valence-electron chi connectivity index (χ4n) is 1.37. The number of rotatable bonds is 1. The van der Waals surface area contributed by atoms with Crippen molar-refractivity contribution in [3.8, 4) is 0 Å². The average Bonchev–Trinajstić information content (AvgIpc) is 2.03. The molecule has 0 bridgehead atoms. The van der Waals surface area contributed by atoms with E-state index in [0.29, 0.717) is 0 Å². The van der Waals surface area contributed by atoms with Crippen molar-refractivity contribution in [2.24, 2.45) is 0 Å². The van der Waals surface area contributed by atoms with Crippen molar-refractivity contribution >= 4 is 45.7 Å². The van der Waals surface area contributed by atoms with Gasteiger partial charge in [-0.3, -0.25) is 0 Å². The Bertz CT molecular complexity index is 142. The molecule has 0 aromatic heterocycles. The highest BCUT2D eigenvalue weighted by molar-refractivity contribution is 8.17. The minimum atomic E-state index is -1.48. The van der Waals surface area contributed by atoms with E-state index in [9.17, 15) is 5.11 Å². The van der Waals surface area contributed by atoms with Gasteiger partial charge in [-0.2, -0.15) is 0 Å². The minimum absolute atomic E-state index is 0.461. The summed E-state index contributed by atoms with van der Waals surface area (Å²) in [6, 6.07) is 0. The van der Waals surface area contributed by atoms with Gasteiger partial charge in [-0.15, -0.1) is 0 Å². The van der Waals surface area contributed by atoms with Crippen molar-refractivity contribution in [1.29, 1.82) is 0 Å². The second kappa shape index (κ2) is 4.61. The van der Waals surface area contributed by atoms with E-state index in [2.05, 4.69) is 0 Å². The molecule has 1 rings (SSSR count). The van der Waals surface area contributed by atoms with Crippen LogP contribution < -0.4 is 0 Å². The van der Waals surface area contributed by atoms with E-state index in [4.69, 9.17) is 34.8 Å². The van der Waals surface area contributed by atoms with Crippen LogP contribution in [0, 0.1) is 0 Å². The normalized spacial score (nSPS) is 25.5. The fraction of sp³-hybridized carbons (Fsp3) is 1.00. The molecule has 1 heterocycles. The first-order valence-electron chi connectivity index (χ1n) is 4.00. The second-order valence-corrected chi connectivity index (χ2v) is 7.94. The number of thiol groups is 1. The molecule has 12 heavy (non-hydrogen) atoms. The number of alkyl halides is 3. The Morgan fingerprint density at radius 3 is 2.00 bits per heavy atom. The first-order valence-corrected chi connectivity index (χ1v) is 6.92. The zero-order chi connectivity index (χ0) is 9.19. The number of aliphatic hydroxyl groups excluding tert-OH is 1. The lowest BCUT2D eigenvalue weighted by Crippen LogP contribution is -2.28. The Hall–Kier alpha value is 1.18. The Balaban J connectivity index is 2.45. The molecular weight excluding hydrogens is 239 g/mol. The van der Waals surface area contributed by atoms with Crippen LogP contribution in [0.4, 0.5) is 0 Å². The summed E-state index contributed by atoms with van der Waals surface area (Å²) < 4.78 is -1.48. The van der Waals surface area contributed by atoms with Gasteiger partial charge in [0.1, 0.15) is 5.44 Å². The summed E-state index contributed by atoms with van der Waals surface area (Å²) >= 11 is 16.8. The second-order valence-electron chi connectivity index (χ2n) is 3.01. The van der Waals surface area contributed by atoms with E-state index in [-0.39, 0.29) is 0 Å². The summed E-state index contributed by atoms with van der Waals surface area (Å²) in [7, 11) is -0.461. The maximum Gasteiger partial charge on any atom is 0.223 e. The van der Waals surface area contributed by atoms with Crippen molar-refractivity contribution in [1.82, 2.24) is 0 Å². The predicted molar refractivity (Wildman–Crippen MR) is 58.9 cm³/mol. The zero-order valence-electron chi connectivity index (χ0n) is 6.64. The van der Waals surface area contributed by atoms with Crippen LogP contribution in [0.1, 0.15) is 19.3 Å². The monoisotopic (exact) mass is 250 g/mol. The van der Waals surface area contributed by atoms with Crippen LogP contribution in [0.15, 0.2) is 0 Å². The molecule has 0 aliphatic carbocycles. The zero-order valence-corrected chi connectivity index (χ0v) is 9.80. The lowest BCUT2D eigenvalue weighted by molar-refractivity contribution is 0.265. The van der Waals surface area contributed by atoms with Gasteiger partial charge >= 0.3 is 0 Å². The van der Waals surface area contributed by atoms with Crippen molar-refractivity contribution in [3.63, 3.8) is 0 Å². The van der Waals surface area contributed by atoms with Crippen LogP contribution in [0.3, 0.4) is 0 Å². The topological polar surface area (TPSA) is 20.2 Å². The largest absolute Gasteiger partial charge is 0.380 e. The molecule has 5 heteroatoms. The van der Waals surface area contributed by atoms with Crippen LogP contribution in [-0.2, 0) is 0 Å². The first kappa shape index (κ1) is 11.3. The Kier molecular flexibility index (Phi) is 4.32. The molecule has 1 N–H and O–H groups in total. The van der Waals surface area contributed by atoms with E-state index in [1.807, 2.05) is 0 Å². The predicted octanol–water partition coefficient (Wildman–Crippen LogP) is 2.86. The van der Waals surface area contributed by atoms with Crippen molar-refractivity contribution in [2.45, 2.75) is 28.5 Å². The maximum atomic E-state index is 9.64. The van der Waals surface area contributed by atoms with Crippen LogP contribution in [-0.4, -0.2) is 25.8 Å². The molecule has 0 radical (unpaired) electrons. The first-order chi connectivity index (χ1) is 5.52. The molecule has 0 aromatic carbocycles. The Morgan fingerprint density at radius 1 is 1.08 bits per heavy atom. The smallest absolute Gasteiger partial charge is 0.223 e. The highest BCUT2D eigenvalue weighted by Gasteiger charge is 2.35. The Labute approximate surface area is 90.7 Å². The van der Waals surface area contributed by atoms with Gasteiger partial charge in [0, 0.05) is 0 Å². The summed E-state index contributed by atoms with van der Waals surface area (Å²) in [5.41, 5.74) is -0.738. The third kappa shape index (κ3) is 3.15. The van der Waals surface area contributed by atoms with Crippen molar-refractivity contribution in [3.05, 3.63) is 0 Å². The maximum absolute atomic E-state index is 9.64. The molecule has 1 saturated heterocycles. The van der Waals surface area contributed by atoms with Gasteiger partial charge in [-0.25, -0.2) is 10.9 Å². The fourth-order valence-corrected chi connectivity index (χ4v) is 5.00. The van der Waals surface area contributed by atoms with Crippen molar-refractivity contribution in [2.75, 3.05) is 11.5 Å². The SMILES string of the molecule is OC([SH]1CCCCC1)C(Cl)(Cl)Cl. The highest BCUT2D eigenvalue weighted by Crippen LogP contribution is 2.46. The van der Waals surface area contributed by atoms with Gasteiger partial charge in [-0.1, -0.05) is 41.2 Å². The molecule has 1 atom stereocenters. The molecule has 74 valence electrons. The summed E-state index contributed by atoms with van der Waals surface area (Å²) in [6.07, 6.45) is 3.60. The van der Waals surface area contributed by atoms with Gasteiger partial charge in [0.15, 0.2) is 0 Å². The minimum Gasteiger partial charge on any atom is -0.380 e. The van der Waals surface area contributed by atoms with Crippen molar-refractivity contribution < 1.29 is 5.11 Å². The van der Waals surface area contributed by atoms with Crippen LogP contribution in [0.25, 0.3) is 0 Å². The van der Waals surface area contributed by atoms with Gasteiger partial charge < -0.3 is 5.11 Å². The van der Waals surface area contributed by atoms with Gasteiger partial charge in [-0.05, 0) is 24.3 Å². The molecular formula is C7H13Cl3OS. The summed E-state index contributed by atoms with van der Waals surface area (Å²) in [6.45, 7) is 0. The number of hydrogen-bond acceptors (Lipinski definition) is 1. The van der Waals surface area contributed by atoms with E-state index in [1.54, 1.807) is 0 Å². The summed E-state index contributed by atoms with van der Waals surface area (Å²) in [4.78, 5) is 0. The third-order valence-corrected chi connectivity index (χ3v) is 5.97. The van der Waals surface area contributed by atoms with Gasteiger partial charge in [0.2, 0.25) is 3.79 Å². The van der Waals surface area contributed by atoms with Gasteiger partial charge in [0.25, 0.3) is 0 Å². The van der Waals surface area contributed by atoms with E-state index in [1.165, 1.54) is 19.3 Å². The summed E-state index contributed by atoms with van der Waals surface area (Å²) in [5, 5.41) is 9.64. The molecule has 1 unspecified atom stereocenters. The Morgan fingerprint density at radius 2 is 1.58 bits per heavy atom. The van der Waals surface area contributed by atoms with Crippen LogP contribution >= 0.6 is 45.7 Å². The van der Waals surface area contributed by atoms with Crippen LogP contribution in [0.2, 0.25) is 0 Å². The number of aliphatic hydroxyl groups is 1. The molecule has 0 aromatic rings. The quantitative estimate of drug-likeness (QED) is 0.542. The number of hydrogen-bond donors (Lipinski definition) is 2. The highest BCUT2D eigenvalue weighted by atomic mass is 35.6. The number of halogens is 3.